The van der Waals surface area contributed by atoms with Crippen LogP contribution in [0.3, 0.4) is 0 Å². The molecule has 0 radical (unpaired) electrons. The average Bonchev–Trinajstić information content (AvgIpc) is 2.87. The third-order valence-electron chi connectivity index (χ3n) is 3.64. The number of hydrogen-bond acceptors (Lipinski definition) is 3. The number of carboxylic acid groups (broad SMARTS) is 1. The van der Waals surface area contributed by atoms with Crippen LogP contribution in [0.4, 0.5) is 4.39 Å². The van der Waals surface area contributed by atoms with Crippen molar-refractivity contribution in [3.8, 4) is 0 Å². The van der Waals surface area contributed by atoms with Gasteiger partial charge in [0.25, 0.3) is 0 Å². The van der Waals surface area contributed by atoms with E-state index in [-0.39, 0.29) is 27.5 Å². The Morgan fingerprint density at radius 3 is 2.45 bits per heavy atom. The summed E-state index contributed by atoms with van der Waals surface area (Å²) in [4.78, 5) is 10.6. The van der Waals surface area contributed by atoms with Crippen LogP contribution in [0.15, 0.2) is 17.0 Å². The molecule has 2 N–H and O–H groups in total. The molecular formula is C13H16FNO4S. The minimum atomic E-state index is -3.93. The monoisotopic (exact) mass is 301 g/mol. The Bertz CT molecular complexity index is 682. The molecule has 5 nitrogen and oxygen atoms in total. The van der Waals surface area contributed by atoms with Crippen LogP contribution in [0.1, 0.15) is 36.2 Å². The number of rotatable bonds is 4. The molecule has 1 fully saturated rings. The molecule has 20 heavy (non-hydrogen) atoms. The van der Waals surface area contributed by atoms with Crippen molar-refractivity contribution >= 4 is 16.0 Å². The smallest absolute Gasteiger partial charge is 0.335 e. The van der Waals surface area contributed by atoms with E-state index < -0.39 is 21.8 Å². The van der Waals surface area contributed by atoms with Crippen molar-refractivity contribution in [1.82, 2.24) is 4.72 Å². The van der Waals surface area contributed by atoms with E-state index in [0.717, 1.165) is 12.1 Å². The molecule has 0 bridgehead atoms. The molecule has 7 heteroatoms. The van der Waals surface area contributed by atoms with Gasteiger partial charge in [-0.2, -0.15) is 0 Å². The van der Waals surface area contributed by atoms with Crippen molar-refractivity contribution in [3.05, 3.63) is 29.1 Å². The summed E-state index contributed by atoms with van der Waals surface area (Å²) in [5.41, 5.74) is -0.589. The molecule has 2 rings (SSSR count). The molecule has 0 aliphatic heterocycles. The highest BCUT2D eigenvalue weighted by molar-refractivity contribution is 7.89. The molecule has 1 aliphatic rings. The minimum absolute atomic E-state index is 0.0824. The SMILES string of the molecule is Cc1c(F)cc(C(=O)O)cc1S(=O)(=O)NC1CC1(C)C. The molecule has 1 saturated carbocycles. The maximum atomic E-state index is 13.7. The van der Waals surface area contributed by atoms with Gasteiger partial charge in [0.05, 0.1) is 10.5 Å². The molecule has 1 unspecified atom stereocenters. The first kappa shape index (κ1) is 14.9. The molecule has 0 amide bonds. The van der Waals surface area contributed by atoms with E-state index in [1.807, 2.05) is 13.8 Å². The van der Waals surface area contributed by atoms with Crippen LogP contribution in [0.2, 0.25) is 0 Å². The minimum Gasteiger partial charge on any atom is -0.478 e. The van der Waals surface area contributed by atoms with Gasteiger partial charge in [0, 0.05) is 11.6 Å². The number of benzene rings is 1. The number of aromatic carboxylic acids is 1. The fourth-order valence-corrected chi connectivity index (χ4v) is 3.66. The molecule has 0 saturated heterocycles. The fraction of sp³-hybridized carbons (Fsp3) is 0.462. The highest BCUT2D eigenvalue weighted by Crippen LogP contribution is 2.45. The van der Waals surface area contributed by atoms with E-state index >= 15 is 0 Å². The van der Waals surface area contributed by atoms with Gasteiger partial charge in [-0.1, -0.05) is 13.8 Å². The van der Waals surface area contributed by atoms with Crippen LogP contribution in [-0.4, -0.2) is 25.5 Å². The van der Waals surface area contributed by atoms with Crippen LogP contribution in [-0.2, 0) is 10.0 Å². The topological polar surface area (TPSA) is 83.5 Å². The largest absolute Gasteiger partial charge is 0.478 e. The van der Waals surface area contributed by atoms with E-state index in [2.05, 4.69) is 4.72 Å². The van der Waals surface area contributed by atoms with Crippen LogP contribution in [0.5, 0.6) is 0 Å². The van der Waals surface area contributed by atoms with Gasteiger partial charge in [0.15, 0.2) is 0 Å². The molecule has 0 heterocycles. The third-order valence-corrected chi connectivity index (χ3v) is 5.24. The zero-order valence-corrected chi connectivity index (χ0v) is 12.2. The quantitative estimate of drug-likeness (QED) is 0.890. The lowest BCUT2D eigenvalue weighted by Gasteiger charge is -2.12. The average molecular weight is 301 g/mol. The summed E-state index contributed by atoms with van der Waals surface area (Å²) in [5.74, 6) is -2.22. The summed E-state index contributed by atoms with van der Waals surface area (Å²) in [5, 5.41) is 8.89. The van der Waals surface area contributed by atoms with Crippen molar-refractivity contribution in [3.63, 3.8) is 0 Å². The normalized spacial score (nSPS) is 20.7. The first-order valence-corrected chi connectivity index (χ1v) is 7.59. The number of carboxylic acids is 1. The van der Waals surface area contributed by atoms with Gasteiger partial charge in [0.1, 0.15) is 5.82 Å². The fourth-order valence-electron chi connectivity index (χ4n) is 1.98. The van der Waals surface area contributed by atoms with Gasteiger partial charge >= 0.3 is 5.97 Å². The van der Waals surface area contributed by atoms with Gasteiger partial charge in [0.2, 0.25) is 10.0 Å². The van der Waals surface area contributed by atoms with Crippen LogP contribution >= 0.6 is 0 Å². The second-order valence-electron chi connectivity index (χ2n) is 5.75. The zero-order valence-electron chi connectivity index (χ0n) is 11.4. The van der Waals surface area contributed by atoms with E-state index in [4.69, 9.17) is 5.11 Å². The lowest BCUT2D eigenvalue weighted by molar-refractivity contribution is 0.0696. The van der Waals surface area contributed by atoms with Crippen molar-refractivity contribution in [2.75, 3.05) is 0 Å². The van der Waals surface area contributed by atoms with Crippen LogP contribution in [0.25, 0.3) is 0 Å². The molecular weight excluding hydrogens is 285 g/mol. The first-order valence-electron chi connectivity index (χ1n) is 6.10. The molecule has 110 valence electrons. The summed E-state index contributed by atoms with van der Waals surface area (Å²) < 4.78 is 40.7. The van der Waals surface area contributed by atoms with E-state index in [9.17, 15) is 17.6 Å². The highest BCUT2D eigenvalue weighted by Gasteiger charge is 2.48. The zero-order chi connectivity index (χ0) is 15.3. The number of sulfonamides is 1. The van der Waals surface area contributed by atoms with Crippen molar-refractivity contribution in [2.45, 2.75) is 38.1 Å². The highest BCUT2D eigenvalue weighted by atomic mass is 32.2. The molecule has 1 aromatic carbocycles. The molecule has 0 spiro atoms. The van der Waals surface area contributed by atoms with E-state index in [0.29, 0.717) is 6.42 Å². The Hall–Kier alpha value is -1.47. The Morgan fingerprint density at radius 1 is 1.45 bits per heavy atom. The Balaban J connectivity index is 2.43. The van der Waals surface area contributed by atoms with Crippen molar-refractivity contribution in [1.29, 1.82) is 0 Å². The van der Waals surface area contributed by atoms with Crippen LogP contribution < -0.4 is 4.72 Å². The van der Waals surface area contributed by atoms with Gasteiger partial charge in [-0.3, -0.25) is 0 Å². The molecule has 0 aromatic heterocycles. The van der Waals surface area contributed by atoms with Gasteiger partial charge in [-0.05, 0) is 30.9 Å². The molecule has 1 atom stereocenters. The van der Waals surface area contributed by atoms with Crippen molar-refractivity contribution in [2.24, 2.45) is 5.41 Å². The molecule has 1 aromatic rings. The van der Waals surface area contributed by atoms with Gasteiger partial charge < -0.3 is 5.11 Å². The second-order valence-corrected chi connectivity index (χ2v) is 7.44. The summed E-state index contributed by atoms with van der Waals surface area (Å²) >= 11 is 0. The number of halogens is 1. The predicted molar refractivity (Wildman–Crippen MR) is 70.6 cm³/mol. The maximum Gasteiger partial charge on any atom is 0.335 e. The lowest BCUT2D eigenvalue weighted by atomic mass is 10.1. The van der Waals surface area contributed by atoms with E-state index in [1.165, 1.54) is 6.92 Å². The first-order chi connectivity index (χ1) is 9.04. The Kier molecular flexibility index (Phi) is 3.38. The third kappa shape index (κ3) is 2.69. The van der Waals surface area contributed by atoms with Gasteiger partial charge in [-0.25, -0.2) is 22.3 Å². The number of nitrogens with one attached hydrogen (secondary N) is 1. The van der Waals surface area contributed by atoms with Crippen LogP contribution in [0, 0.1) is 18.2 Å². The Labute approximate surface area is 116 Å². The lowest BCUT2D eigenvalue weighted by Crippen LogP contribution is -2.29. The Morgan fingerprint density at radius 2 is 2.00 bits per heavy atom. The maximum absolute atomic E-state index is 13.7. The summed E-state index contributed by atoms with van der Waals surface area (Å²) in [6.45, 7) is 5.15. The van der Waals surface area contributed by atoms with Gasteiger partial charge in [-0.15, -0.1) is 0 Å². The summed E-state index contributed by atoms with van der Waals surface area (Å²) in [6.07, 6.45) is 0.701. The molecule has 1 aliphatic carbocycles. The number of carbonyl (C=O) groups is 1. The van der Waals surface area contributed by atoms with Crippen molar-refractivity contribution < 1.29 is 22.7 Å². The standard InChI is InChI=1S/C13H16FNO4S/c1-7-9(14)4-8(12(16)17)5-10(7)20(18,19)15-11-6-13(11,2)3/h4-5,11,15H,6H2,1-3H3,(H,16,17). The summed E-state index contributed by atoms with van der Waals surface area (Å²) in [6, 6.07) is 1.60. The van der Waals surface area contributed by atoms with E-state index in [1.54, 1.807) is 0 Å². The predicted octanol–water partition coefficient (Wildman–Crippen LogP) is 1.91. The number of hydrogen-bond donors (Lipinski definition) is 2. The second kappa shape index (κ2) is 4.53. The summed E-state index contributed by atoms with van der Waals surface area (Å²) in [7, 11) is -3.93.